The molecule has 90 valence electrons. The Morgan fingerprint density at radius 1 is 1.17 bits per heavy atom. The van der Waals surface area contributed by atoms with Crippen molar-refractivity contribution in [1.29, 1.82) is 0 Å². The second-order valence-electron chi connectivity index (χ2n) is 3.88. The van der Waals surface area contributed by atoms with Crippen LogP contribution in [0.4, 0.5) is 10.1 Å². The van der Waals surface area contributed by atoms with Gasteiger partial charge in [-0.1, -0.05) is 11.6 Å². The summed E-state index contributed by atoms with van der Waals surface area (Å²) in [4.78, 5) is 4.29. The summed E-state index contributed by atoms with van der Waals surface area (Å²) in [6, 6.07) is 9.51. The summed E-state index contributed by atoms with van der Waals surface area (Å²) in [5.74, 6) is -0.0849. The Kier molecular flexibility index (Phi) is 2.45. The first-order chi connectivity index (χ1) is 8.63. The van der Waals surface area contributed by atoms with Crippen LogP contribution in [0.25, 0.3) is 22.6 Å². The van der Waals surface area contributed by atoms with Crippen molar-refractivity contribution in [2.75, 3.05) is 5.73 Å². The number of nitrogens with two attached hydrogens (primary N) is 1. The number of hydrogen-bond donors (Lipinski definition) is 1. The first-order valence-corrected chi connectivity index (χ1v) is 5.63. The topological polar surface area (TPSA) is 52.0 Å². The van der Waals surface area contributed by atoms with Crippen molar-refractivity contribution in [1.82, 2.24) is 4.98 Å². The van der Waals surface area contributed by atoms with Crippen LogP contribution in [0, 0.1) is 5.82 Å². The van der Waals surface area contributed by atoms with E-state index in [0.29, 0.717) is 28.2 Å². The minimum atomic E-state index is -0.472. The first-order valence-electron chi connectivity index (χ1n) is 5.25. The molecular weight excluding hydrogens is 255 g/mol. The quantitative estimate of drug-likeness (QED) is 0.677. The molecule has 0 spiro atoms. The molecule has 0 fully saturated rings. The van der Waals surface area contributed by atoms with Crippen molar-refractivity contribution in [2.24, 2.45) is 0 Å². The van der Waals surface area contributed by atoms with Gasteiger partial charge in [-0.3, -0.25) is 0 Å². The maximum Gasteiger partial charge on any atom is 0.227 e. The average Bonchev–Trinajstić information content (AvgIpc) is 2.75. The van der Waals surface area contributed by atoms with Gasteiger partial charge in [-0.15, -0.1) is 0 Å². The van der Waals surface area contributed by atoms with Gasteiger partial charge in [-0.2, -0.15) is 0 Å². The summed E-state index contributed by atoms with van der Waals surface area (Å²) >= 11 is 5.72. The highest BCUT2D eigenvalue weighted by Crippen LogP contribution is 2.28. The maximum atomic E-state index is 13.1. The molecule has 0 radical (unpaired) electrons. The predicted octanol–water partition coefficient (Wildman–Crippen LogP) is 3.87. The molecule has 2 N–H and O–H groups in total. The monoisotopic (exact) mass is 262 g/mol. The molecule has 3 rings (SSSR count). The Labute approximate surface area is 107 Å². The highest BCUT2D eigenvalue weighted by molar-refractivity contribution is 6.31. The maximum absolute atomic E-state index is 13.1. The number of hydrogen-bond acceptors (Lipinski definition) is 3. The number of benzene rings is 2. The SMILES string of the molecule is Nc1ccc2oc(-c3ccc(F)c(Cl)c3)nc2c1. The van der Waals surface area contributed by atoms with E-state index in [1.807, 2.05) is 0 Å². The van der Waals surface area contributed by atoms with Gasteiger partial charge in [0.25, 0.3) is 0 Å². The number of anilines is 1. The van der Waals surface area contributed by atoms with E-state index in [9.17, 15) is 4.39 Å². The van der Waals surface area contributed by atoms with Crippen molar-refractivity contribution in [3.8, 4) is 11.5 Å². The summed E-state index contributed by atoms with van der Waals surface area (Å²) in [5, 5.41) is 0.0364. The third-order valence-corrected chi connectivity index (χ3v) is 2.87. The molecule has 0 saturated heterocycles. The number of halogens is 2. The summed E-state index contributed by atoms with van der Waals surface area (Å²) < 4.78 is 18.6. The molecule has 0 aliphatic rings. The van der Waals surface area contributed by atoms with Gasteiger partial charge in [0.2, 0.25) is 5.89 Å². The van der Waals surface area contributed by atoms with Crippen molar-refractivity contribution in [3.05, 3.63) is 47.2 Å². The average molecular weight is 263 g/mol. The van der Waals surface area contributed by atoms with E-state index in [1.165, 1.54) is 12.1 Å². The number of oxazole rings is 1. The Bertz CT molecular complexity index is 739. The lowest BCUT2D eigenvalue weighted by Crippen LogP contribution is -1.82. The third kappa shape index (κ3) is 1.80. The molecule has 0 saturated carbocycles. The zero-order chi connectivity index (χ0) is 12.7. The van der Waals surface area contributed by atoms with Crippen LogP contribution in [0.5, 0.6) is 0 Å². The van der Waals surface area contributed by atoms with E-state index in [1.54, 1.807) is 24.3 Å². The molecule has 0 aliphatic heterocycles. The highest BCUT2D eigenvalue weighted by atomic mass is 35.5. The van der Waals surface area contributed by atoms with Crippen molar-refractivity contribution >= 4 is 28.4 Å². The Morgan fingerprint density at radius 2 is 2.00 bits per heavy atom. The summed E-state index contributed by atoms with van der Waals surface area (Å²) in [5.41, 5.74) is 8.18. The van der Waals surface area contributed by atoms with Crippen LogP contribution < -0.4 is 5.73 Å². The molecule has 0 atom stereocenters. The molecule has 3 nitrogen and oxygen atoms in total. The summed E-state index contributed by atoms with van der Waals surface area (Å²) in [6.45, 7) is 0. The van der Waals surface area contributed by atoms with Gasteiger partial charge < -0.3 is 10.2 Å². The molecular formula is C13H8ClFN2O. The Balaban J connectivity index is 2.16. The molecule has 0 aliphatic carbocycles. The smallest absolute Gasteiger partial charge is 0.227 e. The van der Waals surface area contributed by atoms with Gasteiger partial charge in [-0.05, 0) is 36.4 Å². The van der Waals surface area contributed by atoms with Crippen molar-refractivity contribution < 1.29 is 8.81 Å². The number of nitrogens with zero attached hydrogens (tertiary/aromatic N) is 1. The minimum absolute atomic E-state index is 0.0364. The second-order valence-corrected chi connectivity index (χ2v) is 4.28. The molecule has 5 heteroatoms. The molecule has 18 heavy (non-hydrogen) atoms. The van der Waals surface area contributed by atoms with E-state index in [4.69, 9.17) is 21.8 Å². The van der Waals surface area contributed by atoms with Gasteiger partial charge in [0.1, 0.15) is 11.3 Å². The number of aromatic nitrogens is 1. The van der Waals surface area contributed by atoms with E-state index < -0.39 is 5.82 Å². The van der Waals surface area contributed by atoms with Gasteiger partial charge in [0.15, 0.2) is 5.58 Å². The molecule has 0 bridgehead atoms. The van der Waals surface area contributed by atoms with Crippen LogP contribution in [-0.4, -0.2) is 4.98 Å². The van der Waals surface area contributed by atoms with Gasteiger partial charge in [0, 0.05) is 11.3 Å². The van der Waals surface area contributed by atoms with E-state index in [0.717, 1.165) is 0 Å². The zero-order valence-corrected chi connectivity index (χ0v) is 9.91. The first kappa shape index (κ1) is 11.0. The summed E-state index contributed by atoms with van der Waals surface area (Å²) in [7, 11) is 0. The standard InChI is InChI=1S/C13H8ClFN2O/c14-9-5-7(1-3-10(9)15)13-17-11-6-8(16)2-4-12(11)18-13/h1-6H,16H2. The van der Waals surface area contributed by atoms with Crippen molar-refractivity contribution in [2.45, 2.75) is 0 Å². The highest BCUT2D eigenvalue weighted by Gasteiger charge is 2.10. The fraction of sp³-hybridized carbons (Fsp3) is 0. The van der Waals surface area contributed by atoms with Crippen LogP contribution in [0.3, 0.4) is 0 Å². The van der Waals surface area contributed by atoms with Gasteiger partial charge in [0.05, 0.1) is 5.02 Å². The Morgan fingerprint density at radius 3 is 2.78 bits per heavy atom. The molecule has 1 heterocycles. The third-order valence-electron chi connectivity index (χ3n) is 2.58. The number of nitrogen functional groups attached to an aromatic ring is 1. The zero-order valence-electron chi connectivity index (χ0n) is 9.15. The van der Waals surface area contributed by atoms with Gasteiger partial charge >= 0.3 is 0 Å². The fourth-order valence-electron chi connectivity index (χ4n) is 1.70. The Hall–Kier alpha value is -2.07. The van der Waals surface area contributed by atoms with Crippen LogP contribution in [0.15, 0.2) is 40.8 Å². The van der Waals surface area contributed by atoms with Crippen LogP contribution in [-0.2, 0) is 0 Å². The largest absolute Gasteiger partial charge is 0.436 e. The lowest BCUT2D eigenvalue weighted by molar-refractivity contribution is 0.616. The minimum Gasteiger partial charge on any atom is -0.436 e. The van der Waals surface area contributed by atoms with Crippen LogP contribution >= 0.6 is 11.6 Å². The predicted molar refractivity (Wildman–Crippen MR) is 68.8 cm³/mol. The molecule has 2 aromatic carbocycles. The number of fused-ring (bicyclic) bond motifs is 1. The summed E-state index contributed by atoms with van der Waals surface area (Å²) in [6.07, 6.45) is 0. The van der Waals surface area contributed by atoms with E-state index in [-0.39, 0.29) is 5.02 Å². The van der Waals surface area contributed by atoms with Gasteiger partial charge in [-0.25, -0.2) is 9.37 Å². The van der Waals surface area contributed by atoms with Crippen molar-refractivity contribution in [3.63, 3.8) is 0 Å². The molecule has 0 amide bonds. The van der Waals surface area contributed by atoms with Crippen LogP contribution in [0.2, 0.25) is 5.02 Å². The fourth-order valence-corrected chi connectivity index (χ4v) is 1.88. The molecule has 3 aromatic rings. The molecule has 1 aromatic heterocycles. The van der Waals surface area contributed by atoms with E-state index >= 15 is 0 Å². The number of rotatable bonds is 1. The van der Waals surface area contributed by atoms with E-state index in [2.05, 4.69) is 4.98 Å². The van der Waals surface area contributed by atoms with Crippen LogP contribution in [0.1, 0.15) is 0 Å². The lowest BCUT2D eigenvalue weighted by atomic mass is 10.2. The second kappa shape index (κ2) is 3.99. The normalized spacial score (nSPS) is 11.0. The molecule has 0 unspecified atom stereocenters. The lowest BCUT2D eigenvalue weighted by Gasteiger charge is -1.97.